The highest BCUT2D eigenvalue weighted by Gasteiger charge is 2.16. The van der Waals surface area contributed by atoms with Gasteiger partial charge in [-0.3, -0.25) is 0 Å². The summed E-state index contributed by atoms with van der Waals surface area (Å²) in [5.74, 6) is 0. The summed E-state index contributed by atoms with van der Waals surface area (Å²) in [6, 6.07) is 1.85. The van der Waals surface area contributed by atoms with Gasteiger partial charge in [0.05, 0.1) is 4.70 Å². The molecule has 0 aliphatic rings. The first kappa shape index (κ1) is 9.40. The maximum Gasteiger partial charge on any atom is 0.301 e. The molecule has 2 nitrogen and oxygen atoms in total. The number of thiazole rings is 1. The minimum atomic E-state index is 0.579. The molecule has 0 atom stereocenters. The lowest BCUT2D eigenvalue weighted by molar-refractivity contribution is -0.665. The van der Waals surface area contributed by atoms with E-state index < -0.39 is 0 Å². The van der Waals surface area contributed by atoms with Crippen molar-refractivity contribution in [2.45, 2.75) is 0 Å². The number of aromatic amines is 1. The van der Waals surface area contributed by atoms with Gasteiger partial charge in [-0.05, 0) is 35.4 Å². The molecule has 2 aromatic heterocycles. The third-order valence-electron chi connectivity index (χ3n) is 1.75. The molecule has 6 heteroatoms. The van der Waals surface area contributed by atoms with E-state index in [9.17, 15) is 0 Å². The van der Waals surface area contributed by atoms with Gasteiger partial charge >= 0.3 is 5.15 Å². The van der Waals surface area contributed by atoms with Crippen LogP contribution >= 0.6 is 46.8 Å². The normalized spacial score (nSPS) is 11.0. The van der Waals surface area contributed by atoms with Crippen molar-refractivity contribution in [1.29, 1.82) is 0 Å². The fraction of sp³-hybridized carbons (Fsp3) is 0.143. The zero-order chi connectivity index (χ0) is 9.59. The van der Waals surface area contributed by atoms with Crippen LogP contribution in [-0.4, -0.2) is 4.98 Å². The number of hydrogen-bond donors (Lipinski definition) is 1. The van der Waals surface area contributed by atoms with Crippen LogP contribution in [0.3, 0.4) is 0 Å². The molecule has 0 unspecified atom stereocenters. The number of H-pyrrole nitrogens is 1. The van der Waals surface area contributed by atoms with Crippen LogP contribution in [-0.2, 0) is 7.05 Å². The van der Waals surface area contributed by atoms with E-state index in [2.05, 4.69) is 4.98 Å². The van der Waals surface area contributed by atoms with Gasteiger partial charge in [-0.1, -0.05) is 0 Å². The van der Waals surface area contributed by atoms with E-state index >= 15 is 0 Å². The number of nitrogens with one attached hydrogen (secondary N) is 1. The SMILES string of the molecule is C[n+]1c(Cl)cc2sc(=S)[nH]c2c1Cl. The molecule has 0 saturated heterocycles. The maximum atomic E-state index is 6.05. The van der Waals surface area contributed by atoms with Crippen molar-refractivity contribution < 1.29 is 4.57 Å². The summed E-state index contributed by atoms with van der Waals surface area (Å²) in [6.07, 6.45) is 0. The molecule has 68 valence electrons. The number of hydrogen-bond acceptors (Lipinski definition) is 2. The molecule has 0 radical (unpaired) electrons. The second-order valence-electron chi connectivity index (χ2n) is 2.57. The monoisotopic (exact) mass is 251 g/mol. The van der Waals surface area contributed by atoms with Gasteiger partial charge in [0.15, 0.2) is 3.95 Å². The average molecular weight is 252 g/mol. The lowest BCUT2D eigenvalue weighted by Crippen LogP contribution is -2.30. The highest BCUT2D eigenvalue weighted by molar-refractivity contribution is 7.73. The zero-order valence-electron chi connectivity index (χ0n) is 6.60. The van der Waals surface area contributed by atoms with E-state index in [-0.39, 0.29) is 0 Å². The van der Waals surface area contributed by atoms with E-state index in [1.54, 1.807) is 11.6 Å². The fourth-order valence-corrected chi connectivity index (χ4v) is 2.80. The third-order valence-corrected chi connectivity index (χ3v) is 3.73. The van der Waals surface area contributed by atoms with Crippen LogP contribution in [0.1, 0.15) is 0 Å². The standard InChI is InChI=1S/C7H4Cl2N2S2/c1-11-4(8)2-3-5(6(11)9)10-7(12)13-3/h2H,1H3/p+1. The number of rotatable bonds is 0. The summed E-state index contributed by atoms with van der Waals surface area (Å²) < 4.78 is 3.39. The first-order chi connectivity index (χ1) is 6.09. The molecular weight excluding hydrogens is 247 g/mol. The Morgan fingerprint density at radius 2 is 2.23 bits per heavy atom. The van der Waals surface area contributed by atoms with Gasteiger partial charge < -0.3 is 4.98 Å². The summed E-state index contributed by atoms with van der Waals surface area (Å²) in [7, 11) is 1.80. The molecule has 0 aliphatic carbocycles. The van der Waals surface area contributed by atoms with Crippen LogP contribution < -0.4 is 4.57 Å². The van der Waals surface area contributed by atoms with E-state index in [4.69, 9.17) is 35.4 Å². The van der Waals surface area contributed by atoms with Crippen molar-refractivity contribution in [2.24, 2.45) is 7.05 Å². The molecule has 0 fully saturated rings. The van der Waals surface area contributed by atoms with Crippen LogP contribution in [0.5, 0.6) is 0 Å². The van der Waals surface area contributed by atoms with Crippen LogP contribution in [0.15, 0.2) is 6.07 Å². The van der Waals surface area contributed by atoms with Crippen LogP contribution in [0, 0.1) is 3.95 Å². The smallest absolute Gasteiger partial charge is 0.301 e. The van der Waals surface area contributed by atoms with Crippen molar-refractivity contribution >= 4 is 57.0 Å². The molecular formula is C7H5Cl2N2S2+. The Bertz CT molecular complexity index is 529. The largest absolute Gasteiger partial charge is 0.331 e. The van der Waals surface area contributed by atoms with Crippen LogP contribution in [0.4, 0.5) is 0 Å². The maximum absolute atomic E-state index is 6.05. The van der Waals surface area contributed by atoms with Crippen molar-refractivity contribution in [3.63, 3.8) is 0 Å². The molecule has 2 heterocycles. The molecule has 0 aromatic carbocycles. The number of nitrogens with zero attached hydrogens (tertiary/aromatic N) is 1. The Hall–Kier alpha value is -0.160. The second-order valence-corrected chi connectivity index (χ2v) is 5.03. The predicted molar refractivity (Wildman–Crippen MR) is 58.2 cm³/mol. The topological polar surface area (TPSA) is 19.7 Å². The average Bonchev–Trinajstić information content (AvgIpc) is 2.42. The summed E-state index contributed by atoms with van der Waals surface area (Å²) in [5.41, 5.74) is 0.851. The molecule has 0 bridgehead atoms. The van der Waals surface area contributed by atoms with E-state index in [0.29, 0.717) is 14.3 Å². The van der Waals surface area contributed by atoms with Gasteiger partial charge in [0, 0.05) is 6.07 Å². The van der Waals surface area contributed by atoms with Crippen LogP contribution in [0.25, 0.3) is 10.2 Å². The van der Waals surface area contributed by atoms with Crippen molar-refractivity contribution in [1.82, 2.24) is 4.98 Å². The minimum Gasteiger partial charge on any atom is -0.331 e. The number of fused-ring (bicyclic) bond motifs is 1. The number of halogens is 2. The molecule has 13 heavy (non-hydrogen) atoms. The summed E-state index contributed by atoms with van der Waals surface area (Å²) in [4.78, 5) is 3.02. The molecule has 0 amide bonds. The second kappa shape index (κ2) is 3.20. The zero-order valence-corrected chi connectivity index (χ0v) is 9.74. The lowest BCUT2D eigenvalue weighted by Gasteiger charge is -1.94. The Morgan fingerprint density at radius 1 is 1.54 bits per heavy atom. The van der Waals surface area contributed by atoms with Crippen molar-refractivity contribution in [3.05, 3.63) is 20.3 Å². The first-order valence-electron chi connectivity index (χ1n) is 3.46. The number of aromatic nitrogens is 2. The quantitative estimate of drug-likeness (QED) is 0.434. The number of pyridine rings is 1. The Morgan fingerprint density at radius 3 is 2.92 bits per heavy atom. The molecule has 2 aromatic rings. The molecule has 0 spiro atoms. The summed E-state index contributed by atoms with van der Waals surface area (Å²) in [6.45, 7) is 0. The lowest BCUT2D eigenvalue weighted by atomic mass is 10.4. The van der Waals surface area contributed by atoms with Crippen LogP contribution in [0.2, 0.25) is 10.3 Å². The van der Waals surface area contributed by atoms with E-state index in [1.807, 2.05) is 6.07 Å². The Balaban J connectivity index is 3.00. The Kier molecular flexibility index (Phi) is 2.32. The predicted octanol–water partition coefficient (Wildman–Crippen LogP) is 3.09. The highest BCUT2D eigenvalue weighted by atomic mass is 35.5. The molecule has 2 rings (SSSR count). The van der Waals surface area contributed by atoms with Gasteiger partial charge in [-0.25, -0.2) is 0 Å². The van der Waals surface area contributed by atoms with Gasteiger partial charge in [0.2, 0.25) is 0 Å². The van der Waals surface area contributed by atoms with Gasteiger partial charge in [-0.2, -0.15) is 4.57 Å². The fourth-order valence-electron chi connectivity index (χ4n) is 1.06. The van der Waals surface area contributed by atoms with E-state index in [1.165, 1.54) is 11.3 Å². The molecule has 0 saturated carbocycles. The van der Waals surface area contributed by atoms with Crippen molar-refractivity contribution in [2.75, 3.05) is 0 Å². The van der Waals surface area contributed by atoms with Gasteiger partial charge in [0.1, 0.15) is 12.6 Å². The highest BCUT2D eigenvalue weighted by Crippen LogP contribution is 2.25. The summed E-state index contributed by atoms with van der Waals surface area (Å²) >= 11 is 18.5. The van der Waals surface area contributed by atoms with Gasteiger partial charge in [-0.15, -0.1) is 11.3 Å². The first-order valence-corrected chi connectivity index (χ1v) is 5.44. The third kappa shape index (κ3) is 1.48. The van der Waals surface area contributed by atoms with Crippen molar-refractivity contribution in [3.8, 4) is 0 Å². The van der Waals surface area contributed by atoms with E-state index in [0.717, 1.165) is 10.2 Å². The molecule has 1 N–H and O–H groups in total. The summed E-state index contributed by atoms with van der Waals surface area (Å²) in [5, 5.41) is 1.18. The molecule has 0 aliphatic heterocycles. The Labute approximate surface area is 93.7 Å². The van der Waals surface area contributed by atoms with Gasteiger partial charge in [0.25, 0.3) is 5.15 Å². The minimum absolute atomic E-state index is 0.579.